The van der Waals surface area contributed by atoms with Gasteiger partial charge in [0.05, 0.1) is 0 Å². The maximum Gasteiger partial charge on any atom is 0.333 e. The Bertz CT molecular complexity index is 3120. The standard InChI is InChI=1S/C55H43BN2/c1-4-5-15-35-24-30-49-44(32-35)42-21-14-22-43-46-34-45-41-20-12-13-23-47(41)55(2,3)51(45)54-52(46)56(58(49)53(42)43)48-33-39(37-18-10-7-11-19-37)27-31-50(48)57(54)40-28-25-38(26-29-40)36-16-8-6-9-17-36/h6-14,16-34H,4-5,15H2,1-3H3. The van der Waals surface area contributed by atoms with E-state index in [0.717, 1.165) is 6.42 Å². The second kappa shape index (κ2) is 12.5. The van der Waals surface area contributed by atoms with E-state index in [1.165, 1.54) is 124 Å². The van der Waals surface area contributed by atoms with E-state index in [2.05, 4.69) is 200 Å². The summed E-state index contributed by atoms with van der Waals surface area (Å²) in [5.74, 6) is 0. The fourth-order valence-corrected chi connectivity index (χ4v) is 10.9. The summed E-state index contributed by atoms with van der Waals surface area (Å²) in [6, 6.07) is 64.3. The summed E-state index contributed by atoms with van der Waals surface area (Å²) < 4.78 is 2.72. The number of hydrogen-bond donors (Lipinski definition) is 0. The molecule has 1 aliphatic carbocycles. The Morgan fingerprint density at radius 1 is 0.552 bits per heavy atom. The lowest BCUT2D eigenvalue weighted by molar-refractivity contribution is 0.661. The van der Waals surface area contributed by atoms with Gasteiger partial charge in [-0.25, -0.2) is 0 Å². The molecular formula is C55H43BN2. The number of aryl methyl sites for hydroxylation is 1. The lowest BCUT2D eigenvalue weighted by Crippen LogP contribution is -2.57. The molecule has 8 aromatic carbocycles. The van der Waals surface area contributed by atoms with Crippen molar-refractivity contribution < 1.29 is 0 Å². The number of unbranched alkanes of at least 4 members (excludes halogenated alkanes) is 1. The van der Waals surface area contributed by atoms with Gasteiger partial charge in [0.2, 0.25) is 0 Å². The third-order valence-electron chi connectivity index (χ3n) is 13.5. The first-order chi connectivity index (χ1) is 28.5. The van der Waals surface area contributed by atoms with Crippen LogP contribution in [0.2, 0.25) is 0 Å². The molecule has 276 valence electrons. The van der Waals surface area contributed by atoms with Crippen molar-refractivity contribution in [2.24, 2.45) is 0 Å². The van der Waals surface area contributed by atoms with E-state index < -0.39 is 0 Å². The average molecular weight is 743 g/mol. The van der Waals surface area contributed by atoms with E-state index in [1.54, 1.807) is 0 Å². The van der Waals surface area contributed by atoms with E-state index in [9.17, 15) is 0 Å². The maximum absolute atomic E-state index is 2.72. The molecular weight excluding hydrogens is 699 g/mol. The number of para-hydroxylation sites is 1. The summed E-state index contributed by atoms with van der Waals surface area (Å²) in [4.78, 5) is 2.63. The Morgan fingerprint density at radius 3 is 2.02 bits per heavy atom. The molecule has 0 saturated heterocycles. The zero-order chi connectivity index (χ0) is 38.7. The largest absolute Gasteiger partial charge is 0.375 e. The quantitative estimate of drug-likeness (QED) is 0.154. The van der Waals surface area contributed by atoms with Crippen molar-refractivity contribution >= 4 is 56.6 Å². The fraction of sp³-hybridized carbons (Fsp3) is 0.127. The molecule has 0 amide bonds. The molecule has 2 nitrogen and oxygen atoms in total. The van der Waals surface area contributed by atoms with Crippen molar-refractivity contribution in [1.82, 2.24) is 4.48 Å². The zero-order valence-corrected chi connectivity index (χ0v) is 33.3. The first-order valence-electron chi connectivity index (χ1n) is 21.0. The van der Waals surface area contributed by atoms with Crippen LogP contribution >= 0.6 is 0 Å². The molecule has 0 radical (unpaired) electrons. The van der Waals surface area contributed by atoms with Gasteiger partial charge in [-0.15, -0.1) is 0 Å². The number of fused-ring (bicyclic) bond motifs is 11. The fourth-order valence-electron chi connectivity index (χ4n) is 10.9. The van der Waals surface area contributed by atoms with Gasteiger partial charge in [-0.3, -0.25) is 0 Å². The highest BCUT2D eigenvalue weighted by molar-refractivity contribution is 6.90. The molecule has 9 aromatic rings. The van der Waals surface area contributed by atoms with Crippen LogP contribution in [-0.4, -0.2) is 11.3 Å². The minimum Gasteiger partial charge on any atom is -0.375 e. The van der Waals surface area contributed by atoms with Gasteiger partial charge in [-0.2, -0.15) is 0 Å². The number of hydrogen-bond acceptors (Lipinski definition) is 1. The molecule has 3 aliphatic rings. The van der Waals surface area contributed by atoms with E-state index in [-0.39, 0.29) is 12.3 Å². The summed E-state index contributed by atoms with van der Waals surface area (Å²) >= 11 is 0. The molecule has 3 heterocycles. The Balaban J connectivity index is 1.22. The van der Waals surface area contributed by atoms with Gasteiger partial charge in [0.25, 0.3) is 0 Å². The SMILES string of the molecule is CCCCc1ccc2c(c1)c1cccc3c1n2B1c2cc(-c4ccccc4)ccc2N(c2ccc(-c4ccccc4)cc2)c2c1c-3cc1c2C(C)(C)c2ccccc2-1. The number of anilines is 3. The first-order valence-corrected chi connectivity index (χ1v) is 21.0. The zero-order valence-electron chi connectivity index (χ0n) is 33.3. The van der Waals surface area contributed by atoms with Crippen molar-refractivity contribution in [3.8, 4) is 44.5 Å². The maximum atomic E-state index is 2.72. The highest BCUT2D eigenvalue weighted by Crippen LogP contribution is 2.57. The summed E-state index contributed by atoms with van der Waals surface area (Å²) in [6.07, 6.45) is 3.50. The van der Waals surface area contributed by atoms with Crippen LogP contribution in [-0.2, 0) is 11.8 Å². The van der Waals surface area contributed by atoms with Crippen LogP contribution in [0.25, 0.3) is 66.3 Å². The second-order valence-electron chi connectivity index (χ2n) is 17.1. The van der Waals surface area contributed by atoms with Crippen LogP contribution in [0.1, 0.15) is 50.3 Å². The van der Waals surface area contributed by atoms with Crippen LogP contribution in [0.5, 0.6) is 0 Å². The Labute approximate surface area is 341 Å². The van der Waals surface area contributed by atoms with Gasteiger partial charge >= 0.3 is 6.85 Å². The van der Waals surface area contributed by atoms with Gasteiger partial charge in [0, 0.05) is 49.8 Å². The highest BCUT2D eigenvalue weighted by Gasteiger charge is 2.48. The Hall–Kier alpha value is -6.58. The van der Waals surface area contributed by atoms with Gasteiger partial charge in [-0.1, -0.05) is 161 Å². The van der Waals surface area contributed by atoms with Crippen molar-refractivity contribution in [3.63, 3.8) is 0 Å². The lowest BCUT2D eigenvalue weighted by Gasteiger charge is -2.43. The van der Waals surface area contributed by atoms with Crippen LogP contribution in [0.4, 0.5) is 17.1 Å². The molecule has 58 heavy (non-hydrogen) atoms. The summed E-state index contributed by atoms with van der Waals surface area (Å²) in [5.41, 5.74) is 23.4. The molecule has 1 aromatic heterocycles. The molecule has 0 bridgehead atoms. The van der Waals surface area contributed by atoms with Crippen molar-refractivity contribution in [3.05, 3.63) is 187 Å². The van der Waals surface area contributed by atoms with E-state index in [0.29, 0.717) is 0 Å². The molecule has 0 saturated carbocycles. The average Bonchev–Trinajstić information content (AvgIpc) is 3.72. The van der Waals surface area contributed by atoms with E-state index >= 15 is 0 Å². The molecule has 12 rings (SSSR count). The molecule has 0 N–H and O–H groups in total. The summed E-state index contributed by atoms with van der Waals surface area (Å²) in [5, 5.41) is 2.71. The monoisotopic (exact) mass is 742 g/mol. The second-order valence-corrected chi connectivity index (χ2v) is 17.1. The van der Waals surface area contributed by atoms with Gasteiger partial charge < -0.3 is 9.38 Å². The highest BCUT2D eigenvalue weighted by atomic mass is 15.2. The van der Waals surface area contributed by atoms with Crippen LogP contribution in [0.15, 0.2) is 170 Å². The smallest absolute Gasteiger partial charge is 0.333 e. The minimum absolute atomic E-state index is 0.0234. The molecule has 0 unspecified atom stereocenters. The molecule has 3 heteroatoms. The minimum atomic E-state index is -0.218. The van der Waals surface area contributed by atoms with Gasteiger partial charge in [0.1, 0.15) is 0 Å². The third kappa shape index (κ3) is 4.62. The topological polar surface area (TPSA) is 8.17 Å². The van der Waals surface area contributed by atoms with Crippen LogP contribution in [0.3, 0.4) is 0 Å². The number of benzene rings is 8. The molecule has 2 aliphatic heterocycles. The van der Waals surface area contributed by atoms with Crippen LogP contribution in [0, 0.1) is 0 Å². The van der Waals surface area contributed by atoms with Crippen molar-refractivity contribution in [2.75, 3.05) is 4.90 Å². The van der Waals surface area contributed by atoms with Crippen molar-refractivity contribution in [1.29, 1.82) is 0 Å². The normalized spacial score (nSPS) is 14.1. The Kier molecular flexibility index (Phi) is 7.21. The number of rotatable bonds is 6. The first kappa shape index (κ1) is 33.6. The predicted molar refractivity (Wildman–Crippen MR) is 247 cm³/mol. The molecule has 0 spiro atoms. The summed E-state index contributed by atoms with van der Waals surface area (Å²) in [6.45, 7) is 7.15. The van der Waals surface area contributed by atoms with Gasteiger partial charge in [0.15, 0.2) is 0 Å². The third-order valence-corrected chi connectivity index (χ3v) is 13.5. The van der Waals surface area contributed by atoms with Gasteiger partial charge in [-0.05, 0) is 116 Å². The lowest BCUT2D eigenvalue weighted by atomic mass is 9.44. The number of aromatic nitrogens is 1. The van der Waals surface area contributed by atoms with Crippen molar-refractivity contribution in [2.45, 2.75) is 45.4 Å². The Morgan fingerprint density at radius 2 is 1.24 bits per heavy atom. The molecule has 0 atom stereocenters. The van der Waals surface area contributed by atoms with E-state index in [1.807, 2.05) is 0 Å². The number of nitrogens with zero attached hydrogens (tertiary/aromatic N) is 2. The summed E-state index contributed by atoms with van der Waals surface area (Å²) in [7, 11) is 0. The van der Waals surface area contributed by atoms with E-state index in [4.69, 9.17) is 0 Å². The van der Waals surface area contributed by atoms with Crippen LogP contribution < -0.4 is 15.8 Å². The molecule has 0 fully saturated rings. The predicted octanol–water partition coefficient (Wildman–Crippen LogP) is 13.2.